The van der Waals surface area contributed by atoms with Crippen molar-refractivity contribution in [2.24, 2.45) is 5.92 Å². The summed E-state index contributed by atoms with van der Waals surface area (Å²) in [6.07, 6.45) is 5.04. The second kappa shape index (κ2) is 9.25. The Morgan fingerprint density at radius 1 is 1.16 bits per heavy atom. The number of methoxy groups -OCH3 is 1. The SMILES string of the molecule is COC(=O)N1c2ccc3c(nc(Cc4cc5ccccc5[nH]4)n3[C@@H]3CCC[C@@H](C(=O)O)C3)c2CC[C@@H]1C. The Balaban J connectivity index is 1.49. The minimum Gasteiger partial charge on any atom is -0.481 e. The van der Waals surface area contributed by atoms with E-state index in [1.807, 2.05) is 31.2 Å². The van der Waals surface area contributed by atoms with Crippen LogP contribution in [-0.2, 0) is 22.4 Å². The number of para-hydroxylation sites is 1. The number of hydrogen-bond donors (Lipinski definition) is 2. The number of nitrogens with one attached hydrogen (secondary N) is 1. The molecule has 37 heavy (non-hydrogen) atoms. The van der Waals surface area contributed by atoms with Gasteiger partial charge in [-0.2, -0.15) is 0 Å². The maximum absolute atomic E-state index is 12.6. The van der Waals surface area contributed by atoms with E-state index < -0.39 is 5.97 Å². The van der Waals surface area contributed by atoms with Crippen molar-refractivity contribution < 1.29 is 19.4 Å². The van der Waals surface area contributed by atoms with E-state index in [1.165, 1.54) is 7.11 Å². The summed E-state index contributed by atoms with van der Waals surface area (Å²) in [6.45, 7) is 2.04. The largest absolute Gasteiger partial charge is 0.481 e. The molecule has 2 aromatic heterocycles. The number of aryl methyl sites for hydroxylation is 1. The zero-order valence-corrected chi connectivity index (χ0v) is 21.2. The van der Waals surface area contributed by atoms with Crippen LogP contribution in [0.2, 0.25) is 0 Å². The van der Waals surface area contributed by atoms with Crippen molar-refractivity contribution in [3.63, 3.8) is 0 Å². The molecule has 0 bridgehead atoms. The van der Waals surface area contributed by atoms with Gasteiger partial charge in [0, 0.05) is 35.3 Å². The smallest absolute Gasteiger partial charge is 0.414 e. The lowest BCUT2D eigenvalue weighted by Crippen LogP contribution is -2.42. The zero-order valence-electron chi connectivity index (χ0n) is 21.2. The first-order chi connectivity index (χ1) is 17.9. The number of fused-ring (bicyclic) bond motifs is 4. The summed E-state index contributed by atoms with van der Waals surface area (Å²) in [5, 5.41) is 10.9. The first kappa shape index (κ1) is 23.6. The Kier molecular flexibility index (Phi) is 5.89. The van der Waals surface area contributed by atoms with Crippen LogP contribution >= 0.6 is 0 Å². The van der Waals surface area contributed by atoms with Gasteiger partial charge in [-0.3, -0.25) is 9.69 Å². The van der Waals surface area contributed by atoms with Gasteiger partial charge in [0.2, 0.25) is 0 Å². The molecule has 2 N–H and O–H groups in total. The highest BCUT2D eigenvalue weighted by Gasteiger charge is 2.34. The van der Waals surface area contributed by atoms with Gasteiger partial charge in [-0.1, -0.05) is 24.6 Å². The minimum atomic E-state index is -0.716. The Bertz CT molecular complexity index is 1470. The maximum atomic E-state index is 12.6. The molecule has 1 amide bonds. The molecule has 0 spiro atoms. The summed E-state index contributed by atoms with van der Waals surface area (Å²) >= 11 is 0. The van der Waals surface area contributed by atoms with E-state index in [0.717, 1.165) is 76.8 Å². The normalized spacial score (nSPS) is 21.8. The van der Waals surface area contributed by atoms with Crippen molar-refractivity contribution in [1.29, 1.82) is 0 Å². The lowest BCUT2D eigenvalue weighted by molar-refractivity contribution is -0.143. The molecule has 4 aromatic rings. The number of carboxylic acids is 1. The fourth-order valence-electron chi connectivity index (χ4n) is 6.38. The third kappa shape index (κ3) is 4.04. The zero-order chi connectivity index (χ0) is 25.7. The quantitative estimate of drug-likeness (QED) is 0.367. The number of imidazole rings is 1. The van der Waals surface area contributed by atoms with Crippen LogP contribution in [0.1, 0.15) is 62.2 Å². The van der Waals surface area contributed by atoms with Crippen LogP contribution in [0.4, 0.5) is 10.5 Å². The highest BCUT2D eigenvalue weighted by molar-refractivity contribution is 5.95. The van der Waals surface area contributed by atoms with E-state index in [1.54, 1.807) is 4.90 Å². The van der Waals surface area contributed by atoms with Gasteiger partial charge < -0.3 is 19.4 Å². The molecule has 0 saturated heterocycles. The number of amides is 1. The van der Waals surface area contributed by atoms with Crippen LogP contribution in [0.3, 0.4) is 0 Å². The molecular weight excluding hydrogens is 468 g/mol. The number of aromatic amines is 1. The van der Waals surface area contributed by atoms with E-state index in [2.05, 4.69) is 27.8 Å². The number of ether oxygens (including phenoxy) is 1. The third-order valence-electron chi connectivity index (χ3n) is 8.19. The highest BCUT2D eigenvalue weighted by Crippen LogP contribution is 2.41. The number of aromatic nitrogens is 3. The molecule has 1 saturated carbocycles. The molecule has 6 rings (SSSR count). The Hall–Kier alpha value is -3.81. The summed E-state index contributed by atoms with van der Waals surface area (Å²) in [4.78, 5) is 35.0. The van der Waals surface area contributed by atoms with Crippen molar-refractivity contribution >= 4 is 39.7 Å². The van der Waals surface area contributed by atoms with Gasteiger partial charge in [0.25, 0.3) is 0 Å². The number of aliphatic carboxylic acids is 1. The van der Waals surface area contributed by atoms with E-state index in [0.29, 0.717) is 12.8 Å². The molecule has 3 heterocycles. The number of benzene rings is 2. The van der Waals surface area contributed by atoms with Crippen LogP contribution in [0.15, 0.2) is 42.5 Å². The third-order valence-corrected chi connectivity index (χ3v) is 8.19. The van der Waals surface area contributed by atoms with Crippen molar-refractivity contribution in [3.8, 4) is 0 Å². The van der Waals surface area contributed by atoms with Gasteiger partial charge in [0.15, 0.2) is 0 Å². The van der Waals surface area contributed by atoms with E-state index in [4.69, 9.17) is 9.72 Å². The van der Waals surface area contributed by atoms with Crippen LogP contribution in [0, 0.1) is 5.92 Å². The Labute approximate surface area is 215 Å². The van der Waals surface area contributed by atoms with Crippen LogP contribution in [0.25, 0.3) is 21.9 Å². The number of carbonyl (C=O) groups excluding carboxylic acids is 1. The second-order valence-corrected chi connectivity index (χ2v) is 10.5. The molecular formula is C29H32N4O4. The van der Waals surface area contributed by atoms with Crippen molar-refractivity contribution in [1.82, 2.24) is 14.5 Å². The van der Waals surface area contributed by atoms with Gasteiger partial charge in [0.05, 0.1) is 29.7 Å². The number of carbonyl (C=O) groups is 2. The molecule has 1 fully saturated rings. The Morgan fingerprint density at radius 2 is 2.00 bits per heavy atom. The van der Waals surface area contributed by atoms with Crippen LogP contribution < -0.4 is 4.90 Å². The van der Waals surface area contributed by atoms with E-state index >= 15 is 0 Å². The number of hydrogen-bond acceptors (Lipinski definition) is 4. The van der Waals surface area contributed by atoms with Crippen molar-refractivity contribution in [2.75, 3.05) is 12.0 Å². The second-order valence-electron chi connectivity index (χ2n) is 10.5. The van der Waals surface area contributed by atoms with E-state index in [9.17, 15) is 14.7 Å². The molecule has 8 nitrogen and oxygen atoms in total. The average Bonchev–Trinajstić information content (AvgIpc) is 3.48. The molecule has 0 radical (unpaired) electrons. The molecule has 2 aliphatic rings. The predicted octanol–water partition coefficient (Wildman–Crippen LogP) is 5.83. The maximum Gasteiger partial charge on any atom is 0.414 e. The Morgan fingerprint density at radius 3 is 2.78 bits per heavy atom. The molecule has 3 atom stereocenters. The van der Waals surface area contributed by atoms with Gasteiger partial charge >= 0.3 is 12.1 Å². The number of anilines is 1. The van der Waals surface area contributed by atoms with Gasteiger partial charge in [-0.15, -0.1) is 0 Å². The summed E-state index contributed by atoms with van der Waals surface area (Å²) in [7, 11) is 1.41. The molecule has 8 heteroatoms. The lowest BCUT2D eigenvalue weighted by atomic mass is 9.85. The van der Waals surface area contributed by atoms with Crippen LogP contribution in [-0.4, -0.2) is 44.9 Å². The summed E-state index contributed by atoms with van der Waals surface area (Å²) < 4.78 is 7.39. The lowest BCUT2D eigenvalue weighted by Gasteiger charge is -2.34. The first-order valence-corrected chi connectivity index (χ1v) is 13.1. The minimum absolute atomic E-state index is 0.0416. The molecule has 1 aliphatic carbocycles. The standard InChI is InChI=1S/C29H32N4O4/c1-17-10-11-22-24(32(17)29(36)37-2)12-13-25-27(22)31-26(16-20-14-18-6-3-4-9-23(18)30-20)33(25)21-8-5-7-19(15-21)28(34)35/h3-4,6,9,12-14,17,19,21,30H,5,7-8,10-11,15-16H2,1-2H3,(H,34,35)/t17-,19+,21+/m0/s1. The number of H-pyrrole nitrogens is 1. The molecule has 0 unspecified atom stereocenters. The van der Waals surface area contributed by atoms with E-state index in [-0.39, 0.29) is 24.1 Å². The fraction of sp³-hybridized carbons (Fsp3) is 0.414. The number of nitrogens with zero attached hydrogens (tertiary/aromatic N) is 3. The monoisotopic (exact) mass is 500 g/mol. The van der Waals surface area contributed by atoms with Crippen molar-refractivity contribution in [3.05, 3.63) is 59.5 Å². The summed E-state index contributed by atoms with van der Waals surface area (Å²) in [6, 6.07) is 14.5. The number of rotatable bonds is 4. The molecule has 1 aliphatic heterocycles. The fourth-order valence-corrected chi connectivity index (χ4v) is 6.38. The van der Waals surface area contributed by atoms with Crippen molar-refractivity contribution in [2.45, 2.75) is 64.0 Å². The average molecular weight is 501 g/mol. The predicted molar refractivity (Wildman–Crippen MR) is 142 cm³/mol. The summed E-state index contributed by atoms with van der Waals surface area (Å²) in [5.41, 5.74) is 5.99. The highest BCUT2D eigenvalue weighted by atomic mass is 16.5. The van der Waals surface area contributed by atoms with Crippen LogP contribution in [0.5, 0.6) is 0 Å². The van der Waals surface area contributed by atoms with Gasteiger partial charge in [-0.25, -0.2) is 9.78 Å². The molecule has 192 valence electrons. The molecule has 2 aromatic carbocycles. The topological polar surface area (TPSA) is 100 Å². The number of carboxylic acid groups (broad SMARTS) is 1. The first-order valence-electron chi connectivity index (χ1n) is 13.1. The van der Waals surface area contributed by atoms with Gasteiger partial charge in [-0.05, 0) is 68.7 Å². The van der Waals surface area contributed by atoms with Gasteiger partial charge in [0.1, 0.15) is 5.82 Å². The summed E-state index contributed by atoms with van der Waals surface area (Å²) in [5.74, 6) is -0.133.